The highest BCUT2D eigenvalue weighted by Gasteiger charge is 2.24. The van der Waals surface area contributed by atoms with Crippen molar-refractivity contribution in [2.45, 2.75) is 25.3 Å². The number of hydrogen-bond acceptors (Lipinski definition) is 6. The fourth-order valence-electron chi connectivity index (χ4n) is 4.22. The minimum atomic E-state index is -0.615. The Morgan fingerprint density at radius 1 is 1.05 bits per heavy atom. The average molecular weight is 551 g/mol. The van der Waals surface area contributed by atoms with Crippen molar-refractivity contribution in [3.8, 4) is 11.5 Å². The second kappa shape index (κ2) is 13.1. The van der Waals surface area contributed by atoms with Gasteiger partial charge < -0.3 is 25.2 Å². The Labute approximate surface area is 232 Å². The summed E-state index contributed by atoms with van der Waals surface area (Å²) in [7, 11) is 4.10. The van der Waals surface area contributed by atoms with Crippen LogP contribution in [0.5, 0.6) is 11.5 Å². The van der Waals surface area contributed by atoms with Crippen LogP contribution >= 0.6 is 12.2 Å². The van der Waals surface area contributed by atoms with Gasteiger partial charge in [-0.3, -0.25) is 10.1 Å². The number of benzene rings is 2. The molecule has 0 radical (unpaired) electrons. The van der Waals surface area contributed by atoms with Gasteiger partial charge in [0.1, 0.15) is 23.1 Å². The third-order valence-corrected chi connectivity index (χ3v) is 6.54. The quantitative estimate of drug-likeness (QED) is 0.369. The Hall–Kier alpha value is -4.09. The molecule has 3 N–H and O–H groups in total. The number of carbonyl (C=O) groups excluding carboxylic acids is 2. The van der Waals surface area contributed by atoms with Crippen LogP contribution in [0, 0.1) is 5.82 Å². The molecule has 4 rings (SSSR count). The van der Waals surface area contributed by atoms with E-state index in [-0.39, 0.29) is 34.9 Å². The van der Waals surface area contributed by atoms with Gasteiger partial charge in [-0.05, 0) is 62.9 Å². The van der Waals surface area contributed by atoms with E-state index < -0.39 is 5.82 Å². The fraction of sp³-hybridized carbons (Fsp3) is 0.286. The third-order valence-electron chi connectivity index (χ3n) is 6.33. The number of carbonyl (C=O) groups is 2. The summed E-state index contributed by atoms with van der Waals surface area (Å²) in [4.78, 5) is 33.0. The van der Waals surface area contributed by atoms with Gasteiger partial charge in [-0.15, -0.1) is 0 Å². The summed E-state index contributed by atoms with van der Waals surface area (Å²) < 4.78 is 20.5. The summed E-state index contributed by atoms with van der Waals surface area (Å²) in [6, 6.07) is 16.9. The monoisotopic (exact) mass is 550 g/mol. The molecule has 1 aliphatic heterocycles. The lowest BCUT2D eigenvalue weighted by Gasteiger charge is -2.35. The smallest absolute Gasteiger partial charge is 0.323 e. The van der Waals surface area contributed by atoms with E-state index in [0.717, 1.165) is 18.4 Å². The number of amides is 3. The molecule has 39 heavy (non-hydrogen) atoms. The molecule has 9 nitrogen and oxygen atoms in total. The molecule has 3 amide bonds. The summed E-state index contributed by atoms with van der Waals surface area (Å²) >= 11 is 5.15. The molecule has 1 aliphatic rings. The number of urea groups is 1. The number of anilines is 2. The normalized spacial score (nSPS) is 13.6. The first-order valence-corrected chi connectivity index (χ1v) is 13.0. The largest absolute Gasteiger partial charge is 0.457 e. The maximum Gasteiger partial charge on any atom is 0.323 e. The van der Waals surface area contributed by atoms with Gasteiger partial charge in [-0.1, -0.05) is 30.3 Å². The zero-order chi connectivity index (χ0) is 27.8. The van der Waals surface area contributed by atoms with Crippen molar-refractivity contribution in [2.75, 3.05) is 37.8 Å². The van der Waals surface area contributed by atoms with Crippen molar-refractivity contribution in [1.29, 1.82) is 0 Å². The van der Waals surface area contributed by atoms with E-state index in [1.165, 1.54) is 18.3 Å². The van der Waals surface area contributed by atoms with Crippen LogP contribution in [0.2, 0.25) is 0 Å². The highest BCUT2D eigenvalue weighted by Crippen LogP contribution is 2.27. The van der Waals surface area contributed by atoms with Gasteiger partial charge in [0.15, 0.2) is 5.11 Å². The van der Waals surface area contributed by atoms with Crippen LogP contribution in [0.1, 0.15) is 18.4 Å². The molecule has 3 aromatic rings. The summed E-state index contributed by atoms with van der Waals surface area (Å²) in [6.45, 7) is 1.34. The summed E-state index contributed by atoms with van der Waals surface area (Å²) in [5.41, 5.74) is 0.932. The SMILES string of the molecule is CN(C)C1CCN(C(=O)Nc2cc(Oc3ccc(NC(=S)NC(=O)Cc4ccccc4)c(F)c3)ccn2)CC1. The van der Waals surface area contributed by atoms with Gasteiger partial charge in [-0.25, -0.2) is 14.2 Å². The first-order valence-electron chi connectivity index (χ1n) is 12.6. The number of pyridine rings is 1. The van der Waals surface area contributed by atoms with Crippen molar-refractivity contribution in [3.63, 3.8) is 0 Å². The molecule has 2 aromatic carbocycles. The third kappa shape index (κ3) is 8.20. The second-order valence-electron chi connectivity index (χ2n) is 9.40. The minimum absolute atomic E-state index is 0.0102. The van der Waals surface area contributed by atoms with Gasteiger partial charge in [0.25, 0.3) is 0 Å². The zero-order valence-electron chi connectivity index (χ0n) is 21.8. The van der Waals surface area contributed by atoms with E-state index >= 15 is 0 Å². The van der Waals surface area contributed by atoms with E-state index in [9.17, 15) is 14.0 Å². The van der Waals surface area contributed by atoms with Gasteiger partial charge in [0.2, 0.25) is 5.91 Å². The molecular weight excluding hydrogens is 519 g/mol. The van der Waals surface area contributed by atoms with Gasteiger partial charge in [0.05, 0.1) is 12.1 Å². The molecule has 0 atom stereocenters. The van der Waals surface area contributed by atoms with Crippen LogP contribution in [0.3, 0.4) is 0 Å². The van der Waals surface area contributed by atoms with Crippen LogP contribution in [0.15, 0.2) is 66.9 Å². The number of thiocarbonyl (C=S) groups is 1. The van der Waals surface area contributed by atoms with Gasteiger partial charge >= 0.3 is 6.03 Å². The molecule has 0 aliphatic carbocycles. The van der Waals surface area contributed by atoms with E-state index in [4.69, 9.17) is 17.0 Å². The lowest BCUT2D eigenvalue weighted by molar-refractivity contribution is -0.119. The van der Waals surface area contributed by atoms with Crippen molar-refractivity contribution in [3.05, 3.63) is 78.2 Å². The topological polar surface area (TPSA) is 98.8 Å². The fourth-order valence-corrected chi connectivity index (χ4v) is 4.44. The maximum absolute atomic E-state index is 14.7. The number of halogens is 1. The van der Waals surface area contributed by atoms with E-state index in [1.54, 1.807) is 23.1 Å². The molecule has 204 valence electrons. The Morgan fingerprint density at radius 2 is 1.77 bits per heavy atom. The highest BCUT2D eigenvalue weighted by molar-refractivity contribution is 7.80. The number of aromatic nitrogens is 1. The number of rotatable bonds is 7. The molecule has 0 unspecified atom stereocenters. The van der Waals surface area contributed by atoms with E-state index in [0.29, 0.717) is 30.7 Å². The molecule has 2 heterocycles. The van der Waals surface area contributed by atoms with Crippen LogP contribution in [0.25, 0.3) is 0 Å². The Morgan fingerprint density at radius 3 is 2.46 bits per heavy atom. The lowest BCUT2D eigenvalue weighted by Crippen LogP contribution is -2.46. The number of nitrogens with one attached hydrogen (secondary N) is 3. The first kappa shape index (κ1) is 27.9. The van der Waals surface area contributed by atoms with Gasteiger partial charge in [0, 0.05) is 37.5 Å². The number of hydrogen-bond donors (Lipinski definition) is 3. The standard InChI is InChI=1S/C28H31FN6O3S/c1-34(2)20-11-14-35(15-12-20)28(37)32-25-18-22(10-13-30-25)38-21-8-9-24(23(29)17-21)31-27(39)33-26(36)16-19-6-4-3-5-7-19/h3-10,13,17-18,20H,11-12,14-16H2,1-2H3,(H,30,32,37)(H2,31,33,36,39). The Kier molecular flexibility index (Phi) is 9.40. The number of likely N-dealkylation sites (tertiary alicyclic amines) is 1. The number of ether oxygens (including phenoxy) is 1. The van der Waals surface area contributed by atoms with Crippen molar-refractivity contribution in [1.82, 2.24) is 20.1 Å². The summed E-state index contributed by atoms with van der Waals surface area (Å²) in [5.74, 6) is 0.0397. The molecule has 1 saturated heterocycles. The van der Waals surface area contributed by atoms with E-state index in [1.807, 2.05) is 44.4 Å². The zero-order valence-corrected chi connectivity index (χ0v) is 22.6. The van der Waals surface area contributed by atoms with Crippen LogP contribution in [-0.2, 0) is 11.2 Å². The van der Waals surface area contributed by atoms with Crippen molar-refractivity contribution < 1.29 is 18.7 Å². The molecule has 0 bridgehead atoms. The van der Waals surface area contributed by atoms with Crippen molar-refractivity contribution >= 4 is 40.8 Å². The van der Waals surface area contributed by atoms with Gasteiger partial charge in [-0.2, -0.15) is 0 Å². The predicted molar refractivity (Wildman–Crippen MR) is 153 cm³/mol. The summed E-state index contributed by atoms with van der Waals surface area (Å²) in [6.07, 6.45) is 3.49. The second-order valence-corrected chi connectivity index (χ2v) is 9.81. The van der Waals surface area contributed by atoms with Crippen LogP contribution in [-0.4, -0.2) is 65.1 Å². The summed E-state index contributed by atoms with van der Waals surface area (Å²) in [5, 5.41) is 8.03. The average Bonchev–Trinajstić information content (AvgIpc) is 2.91. The molecule has 11 heteroatoms. The molecule has 1 fully saturated rings. The maximum atomic E-state index is 14.7. The molecule has 0 saturated carbocycles. The number of piperidine rings is 1. The Bertz CT molecular complexity index is 1320. The van der Waals surface area contributed by atoms with Crippen LogP contribution < -0.4 is 20.7 Å². The van der Waals surface area contributed by atoms with E-state index in [2.05, 4.69) is 25.8 Å². The lowest BCUT2D eigenvalue weighted by atomic mass is 10.0. The molecular formula is C28H31FN6O3S. The minimum Gasteiger partial charge on any atom is -0.457 e. The molecule has 0 spiro atoms. The van der Waals surface area contributed by atoms with Crippen LogP contribution in [0.4, 0.5) is 20.7 Å². The first-order chi connectivity index (χ1) is 18.8. The van der Waals surface area contributed by atoms with Crippen molar-refractivity contribution in [2.24, 2.45) is 0 Å². The molecule has 1 aromatic heterocycles. The predicted octanol–water partition coefficient (Wildman–Crippen LogP) is 4.63. The highest BCUT2D eigenvalue weighted by atomic mass is 32.1. The Balaban J connectivity index is 1.29. The number of nitrogens with zero attached hydrogens (tertiary/aromatic N) is 3.